The van der Waals surface area contributed by atoms with Crippen LogP contribution in [0, 0.1) is 0 Å². The van der Waals surface area contributed by atoms with Crippen molar-refractivity contribution in [3.05, 3.63) is 22.7 Å². The highest BCUT2D eigenvalue weighted by Crippen LogP contribution is 2.28. The maximum Gasteiger partial charge on any atom is 0.351 e. The van der Waals surface area contributed by atoms with E-state index in [1.807, 2.05) is 0 Å². The first kappa shape index (κ1) is 24.8. The van der Waals surface area contributed by atoms with Crippen LogP contribution >= 0.6 is 0 Å². The minimum atomic E-state index is -0.849. The Labute approximate surface area is 181 Å². The molecule has 0 aromatic carbocycles. The van der Waals surface area contributed by atoms with Gasteiger partial charge in [0.15, 0.2) is 0 Å². The van der Waals surface area contributed by atoms with Crippen molar-refractivity contribution in [3.8, 4) is 0 Å². The first-order chi connectivity index (χ1) is 14.9. The van der Waals surface area contributed by atoms with Gasteiger partial charge in [0.05, 0.1) is 6.10 Å². The molecule has 1 aliphatic rings. The third-order valence-electron chi connectivity index (χ3n) is 5.30. The summed E-state index contributed by atoms with van der Waals surface area (Å²) in [5.74, 6) is -0.962. The fourth-order valence-corrected chi connectivity index (χ4v) is 3.53. The van der Waals surface area contributed by atoms with Crippen molar-refractivity contribution in [2.75, 3.05) is 12.3 Å². The smallest absolute Gasteiger partial charge is 0.351 e. The first-order valence-electron chi connectivity index (χ1n) is 10.9. The maximum atomic E-state index is 11.9. The van der Waals surface area contributed by atoms with E-state index in [-0.39, 0.29) is 31.2 Å². The Morgan fingerprint density at radius 2 is 1.74 bits per heavy atom. The Morgan fingerprint density at radius 3 is 2.35 bits per heavy atom. The number of hydrogen-bond donors (Lipinski definition) is 3. The van der Waals surface area contributed by atoms with Gasteiger partial charge in [0, 0.05) is 25.5 Å². The number of nitrogen functional groups attached to an aromatic ring is 1. The molecule has 1 saturated heterocycles. The van der Waals surface area contributed by atoms with Gasteiger partial charge < -0.3 is 25.4 Å². The zero-order valence-corrected chi connectivity index (χ0v) is 17.8. The second kappa shape index (κ2) is 13.1. The molecule has 174 valence electrons. The lowest BCUT2D eigenvalue weighted by atomic mass is 10.1. The number of hydrogen-bond acceptors (Lipinski definition) is 8. The normalized spacial score (nSPS) is 20.6. The molecule has 1 fully saturated rings. The van der Waals surface area contributed by atoms with Gasteiger partial charge in [0.25, 0.3) is 0 Å². The zero-order chi connectivity index (χ0) is 22.6. The van der Waals surface area contributed by atoms with Crippen molar-refractivity contribution >= 4 is 17.8 Å². The molecule has 1 aliphatic heterocycles. The topological polar surface area (TPSA) is 154 Å². The monoisotopic (exact) mass is 439 g/mol. The molecule has 1 aromatic heterocycles. The van der Waals surface area contributed by atoms with E-state index in [1.54, 1.807) is 0 Å². The van der Waals surface area contributed by atoms with Crippen LogP contribution in [-0.4, -0.2) is 50.5 Å². The lowest BCUT2D eigenvalue weighted by Gasteiger charge is -2.16. The standard InChI is InChI=1S/C21H33N3O7/c22-17-11-12-24(21(29)23-17)18-13-15(25)16(31-18)14-30-20(28)10-8-6-4-2-1-3-5-7-9-19(26)27/h11-12,15-16,18,25H,1-10,13-14H2,(H,26,27)(H2,22,23,29)/t15-,16+,18+/m0/s1. The minimum Gasteiger partial charge on any atom is -0.481 e. The Bertz CT molecular complexity index is 768. The second-order valence-corrected chi connectivity index (χ2v) is 7.88. The van der Waals surface area contributed by atoms with Gasteiger partial charge in [-0.25, -0.2) is 4.79 Å². The van der Waals surface area contributed by atoms with Crippen molar-refractivity contribution in [2.24, 2.45) is 0 Å². The van der Waals surface area contributed by atoms with Crippen LogP contribution in [0.25, 0.3) is 0 Å². The summed E-state index contributed by atoms with van der Waals surface area (Å²) in [6, 6.07) is 1.48. The number of carbonyl (C=O) groups is 2. The number of carboxylic acid groups (broad SMARTS) is 1. The van der Waals surface area contributed by atoms with Crippen molar-refractivity contribution in [1.82, 2.24) is 9.55 Å². The van der Waals surface area contributed by atoms with E-state index in [9.17, 15) is 19.5 Å². The van der Waals surface area contributed by atoms with Crippen molar-refractivity contribution in [3.63, 3.8) is 0 Å². The molecule has 0 amide bonds. The van der Waals surface area contributed by atoms with E-state index in [0.717, 1.165) is 51.4 Å². The van der Waals surface area contributed by atoms with E-state index in [4.69, 9.17) is 20.3 Å². The van der Waals surface area contributed by atoms with Crippen LogP contribution in [0.5, 0.6) is 0 Å². The summed E-state index contributed by atoms with van der Waals surface area (Å²) >= 11 is 0. The number of aliphatic hydroxyl groups is 1. The van der Waals surface area contributed by atoms with Gasteiger partial charge in [-0.2, -0.15) is 4.98 Å². The number of esters is 1. The highest BCUT2D eigenvalue weighted by molar-refractivity contribution is 5.69. The molecule has 3 atom stereocenters. The molecular formula is C21H33N3O7. The fourth-order valence-electron chi connectivity index (χ4n) is 3.53. The number of aromatic nitrogens is 2. The second-order valence-electron chi connectivity index (χ2n) is 7.88. The molecule has 10 heteroatoms. The number of carbonyl (C=O) groups excluding carboxylic acids is 1. The molecule has 31 heavy (non-hydrogen) atoms. The molecule has 0 unspecified atom stereocenters. The fraction of sp³-hybridized carbons (Fsp3) is 0.714. The Morgan fingerprint density at radius 1 is 1.13 bits per heavy atom. The predicted octanol–water partition coefficient (Wildman–Crippen LogP) is 2.00. The largest absolute Gasteiger partial charge is 0.481 e. The molecule has 0 spiro atoms. The molecule has 0 radical (unpaired) electrons. The molecule has 0 saturated carbocycles. The van der Waals surface area contributed by atoms with Gasteiger partial charge in [-0.15, -0.1) is 0 Å². The number of carboxylic acids is 1. The molecule has 0 bridgehead atoms. The van der Waals surface area contributed by atoms with E-state index in [0.29, 0.717) is 6.42 Å². The maximum absolute atomic E-state index is 11.9. The van der Waals surface area contributed by atoms with E-state index < -0.39 is 30.1 Å². The quantitative estimate of drug-likeness (QED) is 0.292. The summed E-state index contributed by atoms with van der Waals surface area (Å²) < 4.78 is 12.1. The average Bonchev–Trinajstić information content (AvgIpc) is 3.07. The third-order valence-corrected chi connectivity index (χ3v) is 5.30. The van der Waals surface area contributed by atoms with Crippen molar-refractivity contribution < 1.29 is 29.3 Å². The summed E-state index contributed by atoms with van der Waals surface area (Å²) in [7, 11) is 0. The molecule has 4 N–H and O–H groups in total. The molecule has 10 nitrogen and oxygen atoms in total. The summed E-state index contributed by atoms with van der Waals surface area (Å²) in [5, 5.41) is 18.7. The molecular weight excluding hydrogens is 406 g/mol. The SMILES string of the molecule is Nc1ccn([C@H]2C[C@H](O)[C@@H](COC(=O)CCCCCCCCCCC(=O)O)O2)c(=O)n1. The van der Waals surface area contributed by atoms with Crippen LogP contribution in [0.2, 0.25) is 0 Å². The van der Waals surface area contributed by atoms with Gasteiger partial charge in [-0.05, 0) is 18.9 Å². The number of rotatable bonds is 14. The summed E-state index contributed by atoms with van der Waals surface area (Å²) in [5.41, 5.74) is 4.91. The molecule has 1 aromatic rings. The van der Waals surface area contributed by atoms with Crippen LogP contribution in [0.4, 0.5) is 5.82 Å². The number of aliphatic carboxylic acids is 1. The lowest BCUT2D eigenvalue weighted by Crippen LogP contribution is -2.29. The molecule has 2 heterocycles. The Kier molecular flexibility index (Phi) is 10.5. The number of nitrogens with two attached hydrogens (primary N) is 1. The van der Waals surface area contributed by atoms with Gasteiger partial charge in [-0.3, -0.25) is 14.2 Å². The highest BCUT2D eigenvalue weighted by atomic mass is 16.6. The van der Waals surface area contributed by atoms with Gasteiger partial charge in [0.2, 0.25) is 0 Å². The molecule has 0 aliphatic carbocycles. The first-order valence-corrected chi connectivity index (χ1v) is 10.9. The van der Waals surface area contributed by atoms with Crippen LogP contribution in [0.15, 0.2) is 17.1 Å². The van der Waals surface area contributed by atoms with E-state index in [1.165, 1.54) is 16.8 Å². The average molecular weight is 440 g/mol. The van der Waals surface area contributed by atoms with Crippen LogP contribution in [-0.2, 0) is 19.1 Å². The third kappa shape index (κ3) is 9.06. The number of aliphatic hydroxyl groups excluding tert-OH is 1. The predicted molar refractivity (Wildman–Crippen MR) is 112 cm³/mol. The van der Waals surface area contributed by atoms with Gasteiger partial charge in [0.1, 0.15) is 24.8 Å². The summed E-state index contributed by atoms with van der Waals surface area (Å²) in [6.45, 7) is -0.0655. The van der Waals surface area contributed by atoms with Crippen molar-refractivity contribution in [1.29, 1.82) is 0 Å². The Hall–Kier alpha value is -2.46. The van der Waals surface area contributed by atoms with Crippen LogP contribution < -0.4 is 11.4 Å². The molecule has 2 rings (SSSR count). The van der Waals surface area contributed by atoms with Crippen LogP contribution in [0.1, 0.15) is 76.9 Å². The number of anilines is 1. The van der Waals surface area contributed by atoms with E-state index >= 15 is 0 Å². The highest BCUT2D eigenvalue weighted by Gasteiger charge is 2.36. The van der Waals surface area contributed by atoms with Crippen LogP contribution in [0.3, 0.4) is 0 Å². The number of nitrogens with zero attached hydrogens (tertiary/aromatic N) is 2. The minimum absolute atomic E-state index is 0.0655. The summed E-state index contributed by atoms with van der Waals surface area (Å²) in [4.78, 5) is 37.9. The number of unbranched alkanes of at least 4 members (excludes halogenated alkanes) is 7. The lowest BCUT2D eigenvalue weighted by molar-refractivity contribution is -0.150. The summed E-state index contributed by atoms with van der Waals surface area (Å²) in [6.07, 6.45) is 7.56. The zero-order valence-electron chi connectivity index (χ0n) is 17.8. The Balaban J connectivity index is 1.54. The number of ether oxygens (including phenoxy) is 2. The van der Waals surface area contributed by atoms with Crippen molar-refractivity contribution in [2.45, 2.75) is 89.1 Å². The van der Waals surface area contributed by atoms with E-state index in [2.05, 4.69) is 4.98 Å². The van der Waals surface area contributed by atoms with Gasteiger partial charge >= 0.3 is 17.6 Å². The van der Waals surface area contributed by atoms with Gasteiger partial charge in [-0.1, -0.05) is 38.5 Å².